The van der Waals surface area contributed by atoms with Crippen LogP contribution in [0.1, 0.15) is 10.5 Å². The van der Waals surface area contributed by atoms with Crippen LogP contribution in [-0.2, 0) is 0 Å². The minimum atomic E-state index is -1.03. The molecule has 0 saturated heterocycles. The van der Waals surface area contributed by atoms with Crippen molar-refractivity contribution in [3.63, 3.8) is 0 Å². The zero-order valence-corrected chi connectivity index (χ0v) is 4.00. The van der Waals surface area contributed by atoms with Crippen molar-refractivity contribution in [1.82, 2.24) is 0 Å². The predicted molar refractivity (Wildman–Crippen MR) is 27.0 cm³/mol. The first-order valence-electron chi connectivity index (χ1n) is 2.07. The summed E-state index contributed by atoms with van der Waals surface area (Å²) < 4.78 is 4.50. The van der Waals surface area contributed by atoms with Gasteiger partial charge in [0.2, 0.25) is 0 Å². The second-order valence-corrected chi connectivity index (χ2v) is 1.28. The van der Waals surface area contributed by atoms with E-state index in [4.69, 9.17) is 5.11 Å². The molecular weight excluding hydrogens is 107 g/mol. The summed E-state index contributed by atoms with van der Waals surface area (Å²) in [7, 11) is 0. The van der Waals surface area contributed by atoms with Gasteiger partial charge in [-0.15, -0.1) is 0 Å². The van der Waals surface area contributed by atoms with E-state index in [2.05, 4.69) is 4.42 Å². The summed E-state index contributed by atoms with van der Waals surface area (Å²) >= 11 is 0. The topological polar surface area (TPSA) is 50.4 Å². The Morgan fingerprint density at radius 3 is 2.88 bits per heavy atom. The molecule has 0 fully saturated rings. The van der Waals surface area contributed by atoms with E-state index < -0.39 is 5.97 Å². The normalized spacial score (nSPS) is 8.50. The molecule has 0 atom stereocenters. The molecule has 1 rings (SSSR count). The number of hydrogen-bond acceptors (Lipinski definition) is 2. The van der Waals surface area contributed by atoms with Crippen LogP contribution in [0.25, 0.3) is 0 Å². The predicted octanol–water partition coefficient (Wildman–Crippen LogP) is 0.316. The third-order valence-corrected chi connectivity index (χ3v) is 0.732. The van der Waals surface area contributed by atoms with Crippen molar-refractivity contribution in [3.8, 4) is 0 Å². The summed E-state index contributed by atoms with van der Waals surface area (Å²) in [6, 6.07) is 0. The van der Waals surface area contributed by atoms with Crippen LogP contribution in [0, 0.1) is 0 Å². The number of carboxylic acids is 1. The molecule has 3 nitrogen and oxygen atoms in total. The van der Waals surface area contributed by atoms with Crippen molar-refractivity contribution in [2.45, 2.75) is 0 Å². The van der Waals surface area contributed by atoms with Gasteiger partial charge < -0.3 is 0 Å². The van der Waals surface area contributed by atoms with Crippen molar-refractivity contribution in [2.75, 3.05) is 0 Å². The zero-order chi connectivity index (χ0) is 5.98. The average Bonchev–Trinajstić information content (AvgIpc) is 2.12. The second-order valence-electron chi connectivity index (χ2n) is 1.28. The molecule has 0 bridgehead atoms. The fourth-order valence-corrected chi connectivity index (χ4v) is 0.400. The van der Waals surface area contributed by atoms with Gasteiger partial charge in [0.15, 0.2) is 0 Å². The van der Waals surface area contributed by atoms with Crippen molar-refractivity contribution in [2.24, 2.45) is 0 Å². The Hall–Kier alpha value is -1.06. The number of aromatic carboxylic acids is 1. The molecule has 8 heavy (non-hydrogen) atoms. The number of rotatable bonds is 1. The fourth-order valence-electron chi connectivity index (χ4n) is 0.400. The van der Waals surface area contributed by atoms with E-state index in [1.165, 1.54) is 19.1 Å². The third kappa shape index (κ3) is 0.778. The molecule has 0 saturated carbocycles. The van der Waals surface area contributed by atoms with Gasteiger partial charge in [-0.05, 0) is 0 Å². The first-order chi connectivity index (χ1) is 3.80. The molecule has 40 valence electrons. The van der Waals surface area contributed by atoms with Crippen LogP contribution in [0.5, 0.6) is 0 Å². The molecule has 0 spiro atoms. The van der Waals surface area contributed by atoms with Crippen molar-refractivity contribution in [1.29, 1.82) is 0 Å². The summed E-state index contributed by atoms with van der Waals surface area (Å²) in [4.78, 5) is 9.97. The molecule has 4 heteroatoms. The van der Waals surface area contributed by atoms with Crippen molar-refractivity contribution >= 4 is 12.9 Å². The number of carboxylic acid groups (broad SMARTS) is 1. The van der Waals surface area contributed by atoms with Gasteiger partial charge in [-0.1, -0.05) is 0 Å². The van der Waals surface area contributed by atoms with Gasteiger partial charge in [0, 0.05) is 0 Å². The molecule has 0 aliphatic carbocycles. The minimum absolute atomic E-state index is 0.0231. The van der Waals surface area contributed by atoms with Gasteiger partial charge in [0.1, 0.15) is 0 Å². The monoisotopic (exact) mass is 110 g/mol. The molecule has 1 aromatic heterocycles. The average molecular weight is 110 g/mol. The maximum atomic E-state index is 9.97. The molecule has 0 aromatic carbocycles. The Labute approximate surface area is 46.1 Å². The SMILES string of the molecule is O=C(O)c1bcco1. The molecule has 0 aliphatic heterocycles. The van der Waals surface area contributed by atoms with Crippen LogP contribution in [-0.4, -0.2) is 18.0 Å². The first kappa shape index (κ1) is 5.09. The van der Waals surface area contributed by atoms with Crippen LogP contribution in [0.4, 0.5) is 0 Å². The Morgan fingerprint density at radius 2 is 2.62 bits per heavy atom. The fraction of sp³-hybridized carbons (Fsp3) is 0. The Morgan fingerprint density at radius 1 is 1.88 bits per heavy atom. The second kappa shape index (κ2) is 1.82. The van der Waals surface area contributed by atoms with Gasteiger partial charge in [0.25, 0.3) is 0 Å². The van der Waals surface area contributed by atoms with Crippen LogP contribution in [0.3, 0.4) is 0 Å². The number of hydrogen-bond donors (Lipinski definition) is 1. The van der Waals surface area contributed by atoms with E-state index in [9.17, 15) is 4.79 Å². The van der Waals surface area contributed by atoms with E-state index in [1.807, 2.05) is 0 Å². The molecule has 1 heterocycles. The summed E-state index contributed by atoms with van der Waals surface area (Å²) in [5, 5.41) is 8.18. The zero-order valence-electron chi connectivity index (χ0n) is 4.00. The van der Waals surface area contributed by atoms with Gasteiger partial charge in [-0.3, -0.25) is 0 Å². The van der Waals surface area contributed by atoms with Gasteiger partial charge in [0.05, 0.1) is 0 Å². The van der Waals surface area contributed by atoms with Crippen LogP contribution in [0.2, 0.25) is 0 Å². The molecule has 0 radical (unpaired) electrons. The summed E-state index contributed by atoms with van der Waals surface area (Å²) in [6.45, 7) is 1.39. The van der Waals surface area contributed by atoms with Crippen LogP contribution in [0.15, 0.2) is 16.6 Å². The van der Waals surface area contributed by atoms with Gasteiger partial charge >= 0.3 is 45.1 Å². The summed E-state index contributed by atoms with van der Waals surface area (Å²) in [5.41, 5.74) is -0.0231. The van der Waals surface area contributed by atoms with E-state index in [1.54, 1.807) is 0 Å². The Bertz CT molecular complexity index is 179. The molecule has 1 aromatic rings. The first-order valence-corrected chi connectivity index (χ1v) is 2.07. The summed E-state index contributed by atoms with van der Waals surface area (Å²) in [5.74, 6) is 0.499. The van der Waals surface area contributed by atoms with Crippen LogP contribution >= 0.6 is 0 Å². The van der Waals surface area contributed by atoms with E-state index in [-0.39, 0.29) is 5.66 Å². The standard InChI is InChI=1S/C4H3BO3/c6-4(7)3-5-1-2-8-3/h1-2H,(H,6,7). The molecule has 0 amide bonds. The van der Waals surface area contributed by atoms with Crippen LogP contribution < -0.4 is 0 Å². The Kier molecular flexibility index (Phi) is 1.16. The molecule has 1 N–H and O–H groups in total. The molecular formula is C4H3BO3. The maximum absolute atomic E-state index is 9.97. The van der Waals surface area contributed by atoms with E-state index in [0.717, 1.165) is 0 Å². The number of carbonyl (C=O) groups is 1. The Balaban J connectivity index is 2.93. The van der Waals surface area contributed by atoms with Gasteiger partial charge in [-0.25, -0.2) is 0 Å². The van der Waals surface area contributed by atoms with E-state index >= 15 is 0 Å². The molecule has 0 unspecified atom stereocenters. The van der Waals surface area contributed by atoms with Gasteiger partial charge in [-0.2, -0.15) is 0 Å². The van der Waals surface area contributed by atoms with Crippen molar-refractivity contribution in [3.05, 3.63) is 17.9 Å². The summed E-state index contributed by atoms with van der Waals surface area (Å²) in [6.07, 6.45) is 1.32. The van der Waals surface area contributed by atoms with Crippen molar-refractivity contribution < 1.29 is 14.3 Å². The third-order valence-electron chi connectivity index (χ3n) is 0.732. The van der Waals surface area contributed by atoms with E-state index in [0.29, 0.717) is 0 Å². The molecule has 0 aliphatic rings. The quantitative estimate of drug-likeness (QED) is 0.566.